The Morgan fingerprint density at radius 2 is 2.33 bits per heavy atom. The van der Waals surface area contributed by atoms with Crippen molar-refractivity contribution in [3.05, 3.63) is 0 Å². The van der Waals surface area contributed by atoms with Crippen LogP contribution in [-0.4, -0.2) is 36.5 Å². The van der Waals surface area contributed by atoms with E-state index in [9.17, 15) is 4.79 Å². The molecule has 2 N–H and O–H groups in total. The van der Waals surface area contributed by atoms with Gasteiger partial charge in [0.15, 0.2) is 0 Å². The van der Waals surface area contributed by atoms with Gasteiger partial charge in [-0.15, -0.1) is 0 Å². The molecule has 0 aromatic carbocycles. The highest BCUT2D eigenvalue weighted by Gasteiger charge is 2.14. The summed E-state index contributed by atoms with van der Waals surface area (Å²) < 4.78 is 0. The summed E-state index contributed by atoms with van der Waals surface area (Å²) in [6.45, 7) is 6.41. The Kier molecular flexibility index (Phi) is 6.10. The molecule has 88 valence electrons. The Hall–Kier alpha value is -0.220. The molecule has 0 saturated carbocycles. The molecule has 1 unspecified atom stereocenters. The van der Waals surface area contributed by atoms with Crippen molar-refractivity contribution in [2.45, 2.75) is 31.9 Å². The number of hydrogen-bond donors (Lipinski definition) is 2. The van der Waals surface area contributed by atoms with Crippen LogP contribution in [0.1, 0.15) is 26.7 Å². The lowest BCUT2D eigenvalue weighted by atomic mass is 10.2. The van der Waals surface area contributed by atoms with Crippen LogP contribution in [0.3, 0.4) is 0 Å². The number of hydrogen-bond acceptors (Lipinski definition) is 3. The summed E-state index contributed by atoms with van der Waals surface area (Å²) in [5.74, 6) is 1.93. The standard InChI is InChI=1S/C11H22N2OS/c1-9(2)6-13-11(14)8-12-7-10-4-3-5-15-10/h9-10,12H,3-8H2,1-2H3,(H,13,14). The van der Waals surface area contributed by atoms with E-state index in [-0.39, 0.29) is 5.91 Å². The van der Waals surface area contributed by atoms with Gasteiger partial charge in [0, 0.05) is 18.3 Å². The van der Waals surface area contributed by atoms with E-state index in [0.717, 1.165) is 18.3 Å². The van der Waals surface area contributed by atoms with E-state index < -0.39 is 0 Å². The van der Waals surface area contributed by atoms with Gasteiger partial charge < -0.3 is 10.6 Å². The minimum Gasteiger partial charge on any atom is -0.355 e. The molecular weight excluding hydrogens is 208 g/mol. The first kappa shape index (κ1) is 12.8. The third-order valence-electron chi connectivity index (χ3n) is 2.39. The Labute approximate surface area is 96.8 Å². The van der Waals surface area contributed by atoms with E-state index in [1.54, 1.807) is 0 Å². The summed E-state index contributed by atoms with van der Waals surface area (Å²) in [5.41, 5.74) is 0. The zero-order chi connectivity index (χ0) is 11.1. The van der Waals surface area contributed by atoms with Gasteiger partial charge in [0.2, 0.25) is 5.91 Å². The number of amides is 1. The first-order valence-corrected chi connectivity index (χ1v) is 6.82. The molecular formula is C11H22N2OS. The van der Waals surface area contributed by atoms with Crippen molar-refractivity contribution in [3.63, 3.8) is 0 Å². The second-order valence-electron chi connectivity index (χ2n) is 4.46. The van der Waals surface area contributed by atoms with Gasteiger partial charge in [0.25, 0.3) is 0 Å². The van der Waals surface area contributed by atoms with Gasteiger partial charge >= 0.3 is 0 Å². The molecule has 3 nitrogen and oxygen atoms in total. The average molecular weight is 230 g/mol. The normalized spacial score (nSPS) is 20.9. The molecule has 4 heteroatoms. The molecule has 0 aliphatic carbocycles. The Balaban J connectivity index is 1.96. The highest BCUT2D eigenvalue weighted by molar-refractivity contribution is 8.00. The first-order chi connectivity index (χ1) is 7.18. The van der Waals surface area contributed by atoms with Crippen LogP contribution < -0.4 is 10.6 Å². The molecule has 1 amide bonds. The number of rotatable bonds is 6. The van der Waals surface area contributed by atoms with E-state index >= 15 is 0 Å². The van der Waals surface area contributed by atoms with Crippen LogP contribution in [0, 0.1) is 5.92 Å². The van der Waals surface area contributed by atoms with Crippen LogP contribution in [0.15, 0.2) is 0 Å². The third-order valence-corrected chi connectivity index (χ3v) is 3.79. The van der Waals surface area contributed by atoms with Gasteiger partial charge in [-0.3, -0.25) is 4.79 Å². The van der Waals surface area contributed by atoms with E-state index in [1.807, 2.05) is 11.8 Å². The van der Waals surface area contributed by atoms with Crippen molar-refractivity contribution in [2.75, 3.05) is 25.4 Å². The summed E-state index contributed by atoms with van der Waals surface area (Å²) in [5, 5.41) is 6.84. The summed E-state index contributed by atoms with van der Waals surface area (Å²) in [6.07, 6.45) is 2.63. The van der Waals surface area contributed by atoms with Crippen molar-refractivity contribution < 1.29 is 4.79 Å². The van der Waals surface area contributed by atoms with Crippen LogP contribution >= 0.6 is 11.8 Å². The van der Waals surface area contributed by atoms with Gasteiger partial charge in [-0.25, -0.2) is 0 Å². The molecule has 1 saturated heterocycles. The molecule has 0 aromatic heterocycles. The summed E-state index contributed by atoms with van der Waals surface area (Å²) >= 11 is 2.02. The van der Waals surface area contributed by atoms with Crippen molar-refractivity contribution in [2.24, 2.45) is 5.92 Å². The fraction of sp³-hybridized carbons (Fsp3) is 0.909. The summed E-state index contributed by atoms with van der Waals surface area (Å²) in [6, 6.07) is 0. The number of thioether (sulfide) groups is 1. The molecule has 1 atom stereocenters. The van der Waals surface area contributed by atoms with Crippen molar-refractivity contribution in [1.29, 1.82) is 0 Å². The minimum absolute atomic E-state index is 0.117. The lowest BCUT2D eigenvalue weighted by molar-refractivity contribution is -0.120. The molecule has 1 heterocycles. The van der Waals surface area contributed by atoms with Crippen LogP contribution in [0.4, 0.5) is 0 Å². The molecule has 0 aromatic rings. The molecule has 1 fully saturated rings. The summed E-state index contributed by atoms with van der Waals surface area (Å²) in [7, 11) is 0. The highest BCUT2D eigenvalue weighted by Crippen LogP contribution is 2.24. The van der Waals surface area contributed by atoms with Gasteiger partial charge in [-0.1, -0.05) is 13.8 Å². The molecule has 0 radical (unpaired) electrons. The van der Waals surface area contributed by atoms with E-state index in [0.29, 0.717) is 12.5 Å². The monoisotopic (exact) mass is 230 g/mol. The summed E-state index contributed by atoms with van der Waals surface area (Å²) in [4.78, 5) is 11.3. The van der Waals surface area contributed by atoms with Gasteiger partial charge in [0.05, 0.1) is 6.54 Å². The second kappa shape index (κ2) is 7.12. The highest BCUT2D eigenvalue weighted by atomic mass is 32.2. The first-order valence-electron chi connectivity index (χ1n) is 5.77. The zero-order valence-electron chi connectivity index (χ0n) is 9.71. The molecule has 0 bridgehead atoms. The van der Waals surface area contributed by atoms with Crippen molar-refractivity contribution in [3.8, 4) is 0 Å². The smallest absolute Gasteiger partial charge is 0.233 e. The quantitative estimate of drug-likeness (QED) is 0.721. The average Bonchev–Trinajstić information content (AvgIpc) is 2.67. The molecule has 0 spiro atoms. The lowest BCUT2D eigenvalue weighted by Crippen LogP contribution is -2.37. The maximum absolute atomic E-state index is 11.3. The Morgan fingerprint density at radius 3 is 2.93 bits per heavy atom. The fourth-order valence-electron chi connectivity index (χ4n) is 1.53. The predicted molar refractivity (Wildman–Crippen MR) is 66.2 cm³/mol. The second-order valence-corrected chi connectivity index (χ2v) is 5.87. The Bertz CT molecular complexity index is 191. The van der Waals surface area contributed by atoms with Gasteiger partial charge in [-0.05, 0) is 24.5 Å². The van der Waals surface area contributed by atoms with E-state index in [4.69, 9.17) is 0 Å². The molecule has 1 aliphatic rings. The third kappa shape index (κ3) is 6.05. The van der Waals surface area contributed by atoms with E-state index in [2.05, 4.69) is 24.5 Å². The SMILES string of the molecule is CC(C)CNC(=O)CNCC1CCCS1. The van der Waals surface area contributed by atoms with Gasteiger partial charge in [-0.2, -0.15) is 11.8 Å². The topological polar surface area (TPSA) is 41.1 Å². The maximum atomic E-state index is 11.3. The largest absolute Gasteiger partial charge is 0.355 e. The number of nitrogens with one attached hydrogen (secondary N) is 2. The minimum atomic E-state index is 0.117. The van der Waals surface area contributed by atoms with E-state index in [1.165, 1.54) is 18.6 Å². The number of carbonyl (C=O) groups is 1. The molecule has 15 heavy (non-hydrogen) atoms. The lowest BCUT2D eigenvalue weighted by Gasteiger charge is -2.11. The van der Waals surface area contributed by atoms with Crippen molar-refractivity contribution >= 4 is 17.7 Å². The zero-order valence-corrected chi connectivity index (χ0v) is 10.5. The van der Waals surface area contributed by atoms with Crippen molar-refractivity contribution in [1.82, 2.24) is 10.6 Å². The maximum Gasteiger partial charge on any atom is 0.233 e. The Morgan fingerprint density at radius 1 is 1.53 bits per heavy atom. The number of carbonyl (C=O) groups excluding carboxylic acids is 1. The fourth-order valence-corrected chi connectivity index (χ4v) is 2.77. The molecule has 1 aliphatic heterocycles. The van der Waals surface area contributed by atoms with Gasteiger partial charge in [0.1, 0.15) is 0 Å². The van der Waals surface area contributed by atoms with Crippen LogP contribution in [-0.2, 0) is 4.79 Å². The van der Waals surface area contributed by atoms with Crippen LogP contribution in [0.25, 0.3) is 0 Å². The van der Waals surface area contributed by atoms with Crippen LogP contribution in [0.5, 0.6) is 0 Å². The predicted octanol–water partition coefficient (Wildman–Crippen LogP) is 1.24. The van der Waals surface area contributed by atoms with Crippen LogP contribution in [0.2, 0.25) is 0 Å². The molecule has 1 rings (SSSR count).